The third-order valence-electron chi connectivity index (χ3n) is 4.11. The third kappa shape index (κ3) is 5.93. The van der Waals surface area contributed by atoms with Crippen molar-refractivity contribution in [3.05, 3.63) is 16.7 Å². The van der Waals surface area contributed by atoms with Crippen molar-refractivity contribution < 1.29 is 61.0 Å². The van der Waals surface area contributed by atoms with Gasteiger partial charge in [-0.05, 0) is 0 Å². The summed E-state index contributed by atoms with van der Waals surface area (Å²) in [6, 6.07) is 0. The maximum Gasteiger partial charge on any atom is 0.490 e. The molecule has 0 saturated carbocycles. The van der Waals surface area contributed by atoms with Gasteiger partial charge in [-0.2, -0.15) is 13.6 Å². The molecule has 1 fully saturated rings. The summed E-state index contributed by atoms with van der Waals surface area (Å²) in [6.07, 6.45) is -5.24. The van der Waals surface area contributed by atoms with Crippen LogP contribution in [0.25, 0.3) is 11.2 Å². The number of phosphoric ester groups is 2. The number of ether oxygens (including phenoxy) is 1. The lowest BCUT2D eigenvalue weighted by molar-refractivity contribution is -0.0503. The Morgan fingerprint density at radius 1 is 1.15 bits per heavy atom. The van der Waals surface area contributed by atoms with Gasteiger partial charge in [0, 0.05) is 7.11 Å². The molecule has 5 unspecified atom stereocenters. The number of aliphatic hydroxyl groups excluding tert-OH is 2. The Hall–Kier alpha value is -1.56. The van der Waals surface area contributed by atoms with Crippen LogP contribution in [0.2, 0.25) is 0 Å². The highest BCUT2D eigenvalue weighted by Gasteiger charge is 2.47. The molecule has 7 atom stereocenters. The number of aromatic nitrogens is 4. The van der Waals surface area contributed by atoms with E-state index in [-0.39, 0.29) is 17.1 Å². The van der Waals surface area contributed by atoms with E-state index >= 15 is 0 Å². The number of phosphoric acid groups is 3. The van der Waals surface area contributed by atoms with Gasteiger partial charge in [-0.25, -0.2) is 18.7 Å². The van der Waals surface area contributed by atoms with Gasteiger partial charge in [0.1, 0.15) is 18.3 Å². The molecule has 2 aromatic heterocycles. The zero-order chi connectivity index (χ0) is 24.8. The summed E-state index contributed by atoms with van der Waals surface area (Å²) in [5.41, 5.74) is 4.55. The Kier molecular flexibility index (Phi) is 7.29. The number of imidazole rings is 1. The van der Waals surface area contributed by atoms with Crippen LogP contribution in [-0.2, 0) is 36.1 Å². The van der Waals surface area contributed by atoms with Gasteiger partial charge in [-0.15, -0.1) is 0 Å². The maximum atomic E-state index is 11.9. The van der Waals surface area contributed by atoms with Crippen molar-refractivity contribution in [2.75, 3.05) is 19.5 Å². The minimum atomic E-state index is -5.62. The zero-order valence-electron chi connectivity index (χ0n) is 16.3. The molecule has 1 saturated heterocycles. The van der Waals surface area contributed by atoms with Gasteiger partial charge in [0.05, 0.1) is 12.9 Å². The van der Waals surface area contributed by atoms with Crippen molar-refractivity contribution in [3.8, 4) is 0 Å². The fourth-order valence-electron chi connectivity index (χ4n) is 2.73. The number of nitrogens with two attached hydrogens (primary N) is 1. The van der Waals surface area contributed by atoms with Crippen LogP contribution >= 0.6 is 23.5 Å². The summed E-state index contributed by atoms with van der Waals surface area (Å²) in [6.45, 7) is -0.980. The van der Waals surface area contributed by atoms with E-state index in [0.29, 0.717) is 7.11 Å². The minimum Gasteiger partial charge on any atom is -0.387 e. The van der Waals surface area contributed by atoms with Crippen molar-refractivity contribution in [3.63, 3.8) is 0 Å². The molecule has 0 amide bonds. The van der Waals surface area contributed by atoms with Gasteiger partial charge in [0.25, 0.3) is 5.56 Å². The quantitative estimate of drug-likeness (QED) is 0.176. The lowest BCUT2D eigenvalue weighted by Crippen LogP contribution is -2.33. The van der Waals surface area contributed by atoms with Crippen LogP contribution in [0.4, 0.5) is 5.95 Å². The highest BCUT2D eigenvalue weighted by molar-refractivity contribution is 7.66. The Morgan fingerprint density at radius 3 is 2.42 bits per heavy atom. The lowest BCUT2D eigenvalue weighted by Gasteiger charge is -2.19. The molecule has 0 aliphatic carbocycles. The molecule has 33 heavy (non-hydrogen) atoms. The SMILES string of the molecule is COP(=O)(O)OP(=O)(O)OP(=O)(O)OC[C@H]1O[C@@H](n2cnc3c(=O)[nH]c(N)nc32)C(O)C1O. The third-order valence-corrected chi connectivity index (χ3v) is 8.35. The second-order valence-corrected chi connectivity index (χ2v) is 11.1. The number of hydrogen-bond acceptors (Lipinski definition) is 14. The normalized spacial score (nSPS) is 28.9. The summed E-state index contributed by atoms with van der Waals surface area (Å²) in [5, 5.41) is 20.5. The predicted octanol–water partition coefficient (Wildman–Crippen LogP) is -1.68. The van der Waals surface area contributed by atoms with E-state index < -0.39 is 60.2 Å². The van der Waals surface area contributed by atoms with Crippen LogP contribution in [0.5, 0.6) is 0 Å². The second-order valence-electron chi connectivity index (χ2n) is 6.37. The number of nitrogen functional groups attached to an aromatic ring is 1. The average molecular weight is 537 g/mol. The van der Waals surface area contributed by atoms with Gasteiger partial charge in [-0.3, -0.25) is 23.4 Å². The summed E-state index contributed by atoms with van der Waals surface area (Å²) in [5.74, 6) is -0.267. The van der Waals surface area contributed by atoms with E-state index in [4.69, 9.17) is 15.4 Å². The molecule has 3 rings (SSSR count). The Balaban J connectivity index is 1.71. The highest BCUT2D eigenvalue weighted by atomic mass is 31.3. The number of aliphatic hydroxyl groups is 2. The first-order valence-electron chi connectivity index (χ1n) is 8.50. The number of nitrogens with one attached hydrogen (secondary N) is 1. The van der Waals surface area contributed by atoms with Gasteiger partial charge in [-0.1, -0.05) is 0 Å². The van der Waals surface area contributed by atoms with E-state index in [1.807, 2.05) is 0 Å². The van der Waals surface area contributed by atoms with Gasteiger partial charge in [0.2, 0.25) is 5.95 Å². The maximum absolute atomic E-state index is 11.9. The highest BCUT2D eigenvalue weighted by Crippen LogP contribution is 2.67. The first-order chi connectivity index (χ1) is 15.1. The number of anilines is 1. The molecular weight excluding hydrogens is 519 g/mol. The topological polar surface area (TPSA) is 288 Å². The van der Waals surface area contributed by atoms with Crippen LogP contribution < -0.4 is 11.3 Å². The molecule has 1 aliphatic heterocycles. The minimum absolute atomic E-state index is 0.102. The predicted molar refractivity (Wildman–Crippen MR) is 103 cm³/mol. The largest absolute Gasteiger partial charge is 0.490 e. The summed E-state index contributed by atoms with van der Waals surface area (Å²) < 4.78 is 57.1. The fraction of sp³-hybridized carbons (Fsp3) is 0.545. The number of aromatic amines is 1. The number of H-pyrrole nitrogens is 1. The van der Waals surface area contributed by atoms with E-state index in [1.54, 1.807) is 0 Å². The van der Waals surface area contributed by atoms with Crippen LogP contribution in [0, 0.1) is 0 Å². The number of hydrogen-bond donors (Lipinski definition) is 7. The standard InChI is InChI=1S/C11H18N5O14P3/c1-26-31(20,21)29-33(24,25)30-32(22,23)27-2-4-6(17)7(18)10(28-4)16-3-13-5-8(16)14-11(12)15-9(5)19/h3-4,6-7,10,17-18H,2H2,1H3,(H,20,21)(H,22,23)(H,24,25)(H3,12,14,15,19)/t4-,6?,7?,10-/m1/s1. The monoisotopic (exact) mass is 537 g/mol. The molecule has 186 valence electrons. The molecule has 0 bridgehead atoms. The van der Waals surface area contributed by atoms with Crippen LogP contribution in [-0.4, -0.2) is 76.4 Å². The molecule has 1 aliphatic rings. The smallest absolute Gasteiger partial charge is 0.387 e. The van der Waals surface area contributed by atoms with Crippen molar-refractivity contribution in [2.24, 2.45) is 0 Å². The molecular formula is C11H18N5O14P3. The van der Waals surface area contributed by atoms with Gasteiger partial charge >= 0.3 is 23.5 Å². The molecule has 2 aromatic rings. The van der Waals surface area contributed by atoms with Crippen molar-refractivity contribution in [1.82, 2.24) is 19.5 Å². The van der Waals surface area contributed by atoms with E-state index in [1.165, 1.54) is 0 Å². The number of fused-ring (bicyclic) bond motifs is 1. The summed E-state index contributed by atoms with van der Waals surface area (Å²) in [4.78, 5) is 49.7. The van der Waals surface area contributed by atoms with E-state index in [0.717, 1.165) is 10.9 Å². The molecule has 8 N–H and O–H groups in total. The molecule has 19 nitrogen and oxygen atoms in total. The summed E-state index contributed by atoms with van der Waals surface area (Å²) in [7, 11) is -15.5. The van der Waals surface area contributed by atoms with Gasteiger partial charge < -0.3 is 35.4 Å². The van der Waals surface area contributed by atoms with Crippen LogP contribution in [0.3, 0.4) is 0 Å². The Bertz CT molecular complexity index is 1230. The Morgan fingerprint density at radius 2 is 1.79 bits per heavy atom. The van der Waals surface area contributed by atoms with E-state index in [9.17, 15) is 38.5 Å². The zero-order valence-corrected chi connectivity index (χ0v) is 18.9. The first kappa shape index (κ1) is 26.1. The summed E-state index contributed by atoms with van der Waals surface area (Å²) >= 11 is 0. The second kappa shape index (κ2) is 9.24. The number of nitrogens with zero attached hydrogens (tertiary/aromatic N) is 3. The Labute approximate surface area is 182 Å². The molecule has 0 spiro atoms. The fourth-order valence-corrected chi connectivity index (χ4v) is 5.99. The lowest BCUT2D eigenvalue weighted by atomic mass is 10.1. The van der Waals surface area contributed by atoms with Crippen LogP contribution in [0.15, 0.2) is 11.1 Å². The van der Waals surface area contributed by atoms with Crippen molar-refractivity contribution >= 4 is 40.6 Å². The van der Waals surface area contributed by atoms with Crippen LogP contribution in [0.1, 0.15) is 6.23 Å². The molecule has 22 heteroatoms. The molecule has 0 aromatic carbocycles. The average Bonchev–Trinajstić information content (AvgIpc) is 3.20. The van der Waals surface area contributed by atoms with Gasteiger partial charge in [0.15, 0.2) is 17.4 Å². The molecule has 3 heterocycles. The first-order valence-corrected chi connectivity index (χ1v) is 13.0. The van der Waals surface area contributed by atoms with E-state index in [2.05, 4.69) is 32.6 Å². The number of rotatable bonds is 9. The van der Waals surface area contributed by atoms with Crippen molar-refractivity contribution in [1.29, 1.82) is 0 Å². The molecule has 0 radical (unpaired) electrons. The van der Waals surface area contributed by atoms with Crippen molar-refractivity contribution in [2.45, 2.75) is 24.5 Å².